The summed E-state index contributed by atoms with van der Waals surface area (Å²) in [6.45, 7) is 9.25. The Morgan fingerprint density at radius 1 is 0.696 bits per heavy atom. The van der Waals surface area contributed by atoms with Crippen LogP contribution in [0.1, 0.15) is 52.4 Å². The third-order valence-electron chi connectivity index (χ3n) is 3.75. The zero-order valence-corrected chi connectivity index (χ0v) is 15.3. The summed E-state index contributed by atoms with van der Waals surface area (Å²) in [7, 11) is 0. The molecule has 0 aromatic carbocycles. The van der Waals surface area contributed by atoms with Gasteiger partial charge in [-0.3, -0.25) is 0 Å². The Kier molecular flexibility index (Phi) is 19.7. The molecule has 0 aliphatic rings. The van der Waals surface area contributed by atoms with E-state index in [9.17, 15) is 0 Å². The van der Waals surface area contributed by atoms with E-state index in [1.165, 1.54) is 38.5 Å². The molecule has 140 valence electrons. The fourth-order valence-electron chi connectivity index (χ4n) is 2.24. The van der Waals surface area contributed by atoms with Crippen molar-refractivity contribution in [1.29, 1.82) is 0 Å². The van der Waals surface area contributed by atoms with E-state index in [0.717, 1.165) is 6.61 Å². The summed E-state index contributed by atoms with van der Waals surface area (Å²) < 4.78 is 21.6. The molecular formula is C18H38O5. The molecule has 0 rings (SSSR count). The lowest BCUT2D eigenvalue weighted by atomic mass is 9.99. The molecule has 1 atom stereocenters. The van der Waals surface area contributed by atoms with E-state index in [1.807, 2.05) is 0 Å². The molecule has 0 aromatic heterocycles. The molecular weight excluding hydrogens is 296 g/mol. The molecule has 0 saturated carbocycles. The van der Waals surface area contributed by atoms with Crippen molar-refractivity contribution in [3.05, 3.63) is 0 Å². The number of hydrogen-bond acceptors (Lipinski definition) is 5. The average Bonchev–Trinajstić information content (AvgIpc) is 2.57. The van der Waals surface area contributed by atoms with Gasteiger partial charge in [0.05, 0.1) is 52.9 Å². The summed E-state index contributed by atoms with van der Waals surface area (Å²) in [6, 6.07) is 0. The largest absolute Gasteiger partial charge is 0.394 e. The fourth-order valence-corrected chi connectivity index (χ4v) is 2.24. The van der Waals surface area contributed by atoms with Crippen LogP contribution < -0.4 is 0 Å². The predicted octanol–water partition coefficient (Wildman–Crippen LogP) is 3.04. The summed E-state index contributed by atoms with van der Waals surface area (Å²) in [6.07, 6.45) is 7.79. The number of rotatable bonds is 19. The van der Waals surface area contributed by atoms with Gasteiger partial charge in [0.25, 0.3) is 0 Å². The van der Waals surface area contributed by atoms with Gasteiger partial charge < -0.3 is 24.1 Å². The SMILES string of the molecule is CCCCCCC(CC)COCCOCCOCCOCCO. The van der Waals surface area contributed by atoms with Crippen molar-refractivity contribution in [2.24, 2.45) is 5.92 Å². The molecule has 0 spiro atoms. The van der Waals surface area contributed by atoms with E-state index in [1.54, 1.807) is 0 Å². The van der Waals surface area contributed by atoms with E-state index >= 15 is 0 Å². The summed E-state index contributed by atoms with van der Waals surface area (Å²) in [4.78, 5) is 0. The van der Waals surface area contributed by atoms with Crippen LogP contribution in [0.5, 0.6) is 0 Å². The van der Waals surface area contributed by atoms with Crippen molar-refractivity contribution in [3.63, 3.8) is 0 Å². The van der Waals surface area contributed by atoms with E-state index in [2.05, 4.69) is 13.8 Å². The van der Waals surface area contributed by atoms with Gasteiger partial charge >= 0.3 is 0 Å². The molecule has 0 heterocycles. The van der Waals surface area contributed by atoms with E-state index in [-0.39, 0.29) is 6.61 Å². The number of ether oxygens (including phenoxy) is 4. The highest BCUT2D eigenvalue weighted by molar-refractivity contribution is 4.56. The molecule has 0 aromatic rings. The molecule has 0 aliphatic carbocycles. The topological polar surface area (TPSA) is 57.2 Å². The summed E-state index contributed by atoms with van der Waals surface area (Å²) in [5.41, 5.74) is 0. The van der Waals surface area contributed by atoms with Crippen LogP contribution in [0.3, 0.4) is 0 Å². The van der Waals surface area contributed by atoms with Crippen LogP contribution in [0.25, 0.3) is 0 Å². The minimum atomic E-state index is 0.0563. The smallest absolute Gasteiger partial charge is 0.0701 e. The first kappa shape index (κ1) is 22.8. The molecule has 0 radical (unpaired) electrons. The van der Waals surface area contributed by atoms with Crippen LogP contribution in [0.2, 0.25) is 0 Å². The van der Waals surface area contributed by atoms with Crippen molar-refractivity contribution in [2.75, 3.05) is 59.5 Å². The van der Waals surface area contributed by atoms with Crippen molar-refractivity contribution in [1.82, 2.24) is 0 Å². The normalized spacial score (nSPS) is 12.7. The Bertz CT molecular complexity index is 214. The van der Waals surface area contributed by atoms with Crippen LogP contribution in [0.4, 0.5) is 0 Å². The lowest BCUT2D eigenvalue weighted by Crippen LogP contribution is -2.14. The third kappa shape index (κ3) is 18.0. The first-order valence-electron chi connectivity index (χ1n) is 9.26. The molecule has 5 nitrogen and oxygen atoms in total. The highest BCUT2D eigenvalue weighted by atomic mass is 16.6. The fraction of sp³-hybridized carbons (Fsp3) is 1.00. The van der Waals surface area contributed by atoms with E-state index in [0.29, 0.717) is 52.2 Å². The Hall–Kier alpha value is -0.200. The van der Waals surface area contributed by atoms with Crippen LogP contribution in [0.15, 0.2) is 0 Å². The van der Waals surface area contributed by atoms with Gasteiger partial charge in [-0.25, -0.2) is 0 Å². The van der Waals surface area contributed by atoms with Gasteiger partial charge in [0.1, 0.15) is 0 Å². The number of hydrogen-bond donors (Lipinski definition) is 1. The minimum Gasteiger partial charge on any atom is -0.394 e. The van der Waals surface area contributed by atoms with Crippen LogP contribution in [-0.2, 0) is 18.9 Å². The summed E-state index contributed by atoms with van der Waals surface area (Å²) in [5, 5.41) is 8.53. The Morgan fingerprint density at radius 3 is 1.78 bits per heavy atom. The zero-order chi connectivity index (χ0) is 17.0. The van der Waals surface area contributed by atoms with Gasteiger partial charge in [0, 0.05) is 6.61 Å². The number of aliphatic hydroxyl groups excluding tert-OH is 1. The van der Waals surface area contributed by atoms with Crippen LogP contribution >= 0.6 is 0 Å². The van der Waals surface area contributed by atoms with Gasteiger partial charge in [0.15, 0.2) is 0 Å². The second-order valence-electron chi connectivity index (χ2n) is 5.76. The van der Waals surface area contributed by atoms with Crippen LogP contribution in [-0.4, -0.2) is 64.6 Å². The lowest BCUT2D eigenvalue weighted by molar-refractivity contribution is -0.00948. The molecule has 5 heteroatoms. The van der Waals surface area contributed by atoms with Gasteiger partial charge in [-0.2, -0.15) is 0 Å². The van der Waals surface area contributed by atoms with Gasteiger partial charge in [0.2, 0.25) is 0 Å². The average molecular weight is 334 g/mol. The molecule has 23 heavy (non-hydrogen) atoms. The second-order valence-corrected chi connectivity index (χ2v) is 5.76. The summed E-state index contributed by atoms with van der Waals surface area (Å²) >= 11 is 0. The first-order chi connectivity index (χ1) is 11.3. The molecule has 0 saturated heterocycles. The molecule has 0 amide bonds. The molecule has 0 fully saturated rings. The third-order valence-corrected chi connectivity index (χ3v) is 3.75. The molecule has 1 unspecified atom stereocenters. The molecule has 0 bridgehead atoms. The van der Waals surface area contributed by atoms with Crippen molar-refractivity contribution >= 4 is 0 Å². The molecule has 0 aliphatic heterocycles. The Balaban J connectivity index is 3.21. The monoisotopic (exact) mass is 334 g/mol. The number of aliphatic hydroxyl groups is 1. The standard InChI is InChI=1S/C18H38O5/c1-3-5-6-7-8-18(4-2)17-23-16-15-22-14-13-21-12-11-20-10-9-19/h18-19H,3-17H2,1-2H3. The van der Waals surface area contributed by atoms with Crippen molar-refractivity contribution in [2.45, 2.75) is 52.4 Å². The maximum Gasteiger partial charge on any atom is 0.0701 e. The Morgan fingerprint density at radius 2 is 1.26 bits per heavy atom. The predicted molar refractivity (Wildman–Crippen MR) is 92.9 cm³/mol. The highest BCUT2D eigenvalue weighted by Crippen LogP contribution is 2.14. The van der Waals surface area contributed by atoms with Gasteiger partial charge in [-0.1, -0.05) is 46.0 Å². The molecule has 1 N–H and O–H groups in total. The maximum atomic E-state index is 8.53. The minimum absolute atomic E-state index is 0.0563. The quantitative estimate of drug-likeness (QED) is 0.368. The summed E-state index contributed by atoms with van der Waals surface area (Å²) in [5.74, 6) is 0.689. The van der Waals surface area contributed by atoms with Crippen LogP contribution in [0, 0.1) is 5.92 Å². The lowest BCUT2D eigenvalue weighted by Gasteiger charge is -2.15. The number of unbranched alkanes of at least 4 members (excludes halogenated alkanes) is 3. The Labute approximate surface area is 142 Å². The van der Waals surface area contributed by atoms with E-state index < -0.39 is 0 Å². The second kappa shape index (κ2) is 19.8. The van der Waals surface area contributed by atoms with Crippen molar-refractivity contribution < 1.29 is 24.1 Å². The van der Waals surface area contributed by atoms with Gasteiger partial charge in [-0.05, 0) is 12.3 Å². The first-order valence-corrected chi connectivity index (χ1v) is 9.26. The highest BCUT2D eigenvalue weighted by Gasteiger charge is 2.06. The zero-order valence-electron chi connectivity index (χ0n) is 15.3. The van der Waals surface area contributed by atoms with Gasteiger partial charge in [-0.15, -0.1) is 0 Å². The maximum absolute atomic E-state index is 8.53. The van der Waals surface area contributed by atoms with E-state index in [4.69, 9.17) is 24.1 Å². The van der Waals surface area contributed by atoms with Crippen molar-refractivity contribution in [3.8, 4) is 0 Å².